The summed E-state index contributed by atoms with van der Waals surface area (Å²) in [5.74, 6) is 0.452. The number of alkyl halides is 3. The molecule has 102 valence electrons. The molecule has 0 aliphatic heterocycles. The Hall–Kier alpha value is -1.63. The Balaban J connectivity index is 1.94. The van der Waals surface area contributed by atoms with Gasteiger partial charge in [-0.3, -0.25) is 0 Å². The molecular weight excluding hydrogens is 327 g/mol. The Morgan fingerprint density at radius 2 is 1.84 bits per heavy atom. The van der Waals surface area contributed by atoms with E-state index < -0.39 is 6.36 Å². The summed E-state index contributed by atoms with van der Waals surface area (Å²) in [6.45, 7) is 0.424. The number of ether oxygens (including phenoxy) is 1. The van der Waals surface area contributed by atoms with Crippen molar-refractivity contribution in [2.24, 2.45) is 0 Å². The Labute approximate surface area is 115 Å². The fourth-order valence-corrected chi connectivity index (χ4v) is 1.75. The van der Waals surface area contributed by atoms with Gasteiger partial charge in [-0.1, -0.05) is 0 Å². The minimum absolute atomic E-state index is 0.253. The molecule has 0 fully saturated rings. The van der Waals surface area contributed by atoms with Crippen molar-refractivity contribution < 1.29 is 22.3 Å². The highest BCUT2D eigenvalue weighted by atomic mass is 79.9. The van der Waals surface area contributed by atoms with Gasteiger partial charge in [0.2, 0.25) is 0 Å². The van der Waals surface area contributed by atoms with E-state index in [1.54, 1.807) is 12.3 Å². The SMILES string of the molecule is FC(F)(F)Oc1ccc(NCc2occc2Br)cc1. The molecule has 0 amide bonds. The smallest absolute Gasteiger partial charge is 0.466 e. The molecule has 0 aliphatic rings. The van der Waals surface area contributed by atoms with Crippen molar-refractivity contribution in [3.63, 3.8) is 0 Å². The summed E-state index contributed by atoms with van der Waals surface area (Å²) >= 11 is 3.31. The average molecular weight is 336 g/mol. The molecule has 2 aromatic rings. The van der Waals surface area contributed by atoms with E-state index in [-0.39, 0.29) is 5.75 Å². The van der Waals surface area contributed by atoms with Gasteiger partial charge in [0.1, 0.15) is 11.5 Å². The van der Waals surface area contributed by atoms with E-state index >= 15 is 0 Å². The van der Waals surface area contributed by atoms with Crippen molar-refractivity contribution in [2.45, 2.75) is 12.9 Å². The molecule has 0 radical (unpaired) electrons. The first kappa shape index (κ1) is 13.8. The number of halogens is 4. The van der Waals surface area contributed by atoms with Crippen molar-refractivity contribution in [1.82, 2.24) is 0 Å². The Morgan fingerprint density at radius 3 is 2.37 bits per heavy atom. The Kier molecular flexibility index (Phi) is 4.04. The molecule has 0 bridgehead atoms. The number of furan rings is 1. The standard InChI is InChI=1S/C12H9BrF3NO2/c13-10-5-6-18-11(10)7-17-8-1-3-9(4-2-8)19-12(14,15)16/h1-6,17H,7H2. The summed E-state index contributed by atoms with van der Waals surface area (Å²) in [5, 5.41) is 3.02. The van der Waals surface area contributed by atoms with Crippen LogP contribution in [0.15, 0.2) is 45.5 Å². The minimum Gasteiger partial charge on any atom is -0.466 e. The van der Waals surface area contributed by atoms with Gasteiger partial charge in [0.25, 0.3) is 0 Å². The Bertz CT molecular complexity index is 537. The minimum atomic E-state index is -4.67. The summed E-state index contributed by atoms with van der Waals surface area (Å²) in [7, 11) is 0. The molecule has 1 heterocycles. The van der Waals surface area contributed by atoms with Crippen LogP contribution < -0.4 is 10.1 Å². The molecule has 0 atom stereocenters. The second kappa shape index (κ2) is 5.56. The summed E-state index contributed by atoms with van der Waals surface area (Å²) in [6.07, 6.45) is -3.13. The lowest BCUT2D eigenvalue weighted by Gasteiger charge is -2.10. The third kappa shape index (κ3) is 4.20. The van der Waals surface area contributed by atoms with Crippen molar-refractivity contribution in [2.75, 3.05) is 5.32 Å². The first-order chi connectivity index (χ1) is 8.94. The van der Waals surface area contributed by atoms with Crippen molar-refractivity contribution in [1.29, 1.82) is 0 Å². The molecule has 1 aromatic heterocycles. The van der Waals surface area contributed by atoms with Crippen molar-refractivity contribution in [3.8, 4) is 5.75 Å². The number of hydrogen-bond donors (Lipinski definition) is 1. The van der Waals surface area contributed by atoms with E-state index in [4.69, 9.17) is 4.42 Å². The maximum Gasteiger partial charge on any atom is 0.573 e. The molecule has 0 spiro atoms. The molecule has 19 heavy (non-hydrogen) atoms. The molecule has 0 unspecified atom stereocenters. The van der Waals surface area contributed by atoms with Gasteiger partial charge in [0.15, 0.2) is 0 Å². The number of hydrogen-bond acceptors (Lipinski definition) is 3. The van der Waals surface area contributed by atoms with Gasteiger partial charge in [-0.2, -0.15) is 0 Å². The second-order valence-corrected chi connectivity index (χ2v) is 4.47. The third-order valence-corrected chi connectivity index (χ3v) is 2.94. The van der Waals surface area contributed by atoms with E-state index in [2.05, 4.69) is 26.0 Å². The van der Waals surface area contributed by atoms with Gasteiger partial charge in [-0.15, -0.1) is 13.2 Å². The number of nitrogens with one attached hydrogen (secondary N) is 1. The summed E-state index contributed by atoms with van der Waals surface area (Å²) in [6, 6.07) is 7.24. The summed E-state index contributed by atoms with van der Waals surface area (Å²) < 4.78 is 45.7. The van der Waals surface area contributed by atoms with Crippen LogP contribution in [0.1, 0.15) is 5.76 Å². The normalized spacial score (nSPS) is 11.4. The van der Waals surface area contributed by atoms with Gasteiger partial charge in [-0.25, -0.2) is 0 Å². The fraction of sp³-hybridized carbons (Fsp3) is 0.167. The van der Waals surface area contributed by atoms with Crippen LogP contribution in [0.5, 0.6) is 5.75 Å². The van der Waals surface area contributed by atoms with Crippen LogP contribution in [0.2, 0.25) is 0 Å². The lowest BCUT2D eigenvalue weighted by molar-refractivity contribution is -0.274. The van der Waals surface area contributed by atoms with Crippen LogP contribution in [0.25, 0.3) is 0 Å². The van der Waals surface area contributed by atoms with Crippen LogP contribution >= 0.6 is 15.9 Å². The van der Waals surface area contributed by atoms with Crippen LogP contribution in [0, 0.1) is 0 Å². The number of benzene rings is 1. The lowest BCUT2D eigenvalue weighted by atomic mass is 10.3. The van der Waals surface area contributed by atoms with E-state index in [1.165, 1.54) is 24.3 Å². The number of anilines is 1. The molecule has 3 nitrogen and oxygen atoms in total. The quantitative estimate of drug-likeness (QED) is 0.889. The highest BCUT2D eigenvalue weighted by molar-refractivity contribution is 9.10. The topological polar surface area (TPSA) is 34.4 Å². The lowest BCUT2D eigenvalue weighted by Crippen LogP contribution is -2.17. The average Bonchev–Trinajstić information content (AvgIpc) is 2.72. The van der Waals surface area contributed by atoms with Gasteiger partial charge < -0.3 is 14.5 Å². The maximum absolute atomic E-state index is 12.0. The zero-order valence-corrected chi connectivity index (χ0v) is 11.1. The van der Waals surface area contributed by atoms with Crippen LogP contribution in [0.3, 0.4) is 0 Å². The van der Waals surface area contributed by atoms with Crippen LogP contribution in [0.4, 0.5) is 18.9 Å². The second-order valence-electron chi connectivity index (χ2n) is 3.62. The molecule has 0 saturated carbocycles. The van der Waals surface area contributed by atoms with Crippen molar-refractivity contribution in [3.05, 3.63) is 46.8 Å². The van der Waals surface area contributed by atoms with Crippen molar-refractivity contribution >= 4 is 21.6 Å². The molecule has 1 N–H and O–H groups in total. The molecular formula is C12H9BrF3NO2. The van der Waals surface area contributed by atoms with Gasteiger partial charge in [0.05, 0.1) is 17.3 Å². The van der Waals surface area contributed by atoms with Crippen LogP contribution in [-0.2, 0) is 6.54 Å². The highest BCUT2D eigenvalue weighted by Gasteiger charge is 2.30. The monoisotopic (exact) mass is 335 g/mol. The predicted molar refractivity (Wildman–Crippen MR) is 66.9 cm³/mol. The third-order valence-electron chi connectivity index (χ3n) is 2.23. The zero-order valence-electron chi connectivity index (χ0n) is 9.50. The molecule has 7 heteroatoms. The van der Waals surface area contributed by atoms with E-state index in [0.29, 0.717) is 18.0 Å². The first-order valence-corrected chi connectivity index (χ1v) is 6.05. The molecule has 2 rings (SSSR count). The molecule has 0 aliphatic carbocycles. The first-order valence-electron chi connectivity index (χ1n) is 5.25. The molecule has 0 saturated heterocycles. The van der Waals surface area contributed by atoms with Gasteiger partial charge in [-0.05, 0) is 46.3 Å². The highest BCUT2D eigenvalue weighted by Crippen LogP contribution is 2.24. The largest absolute Gasteiger partial charge is 0.573 e. The van der Waals surface area contributed by atoms with E-state index in [9.17, 15) is 13.2 Å². The maximum atomic E-state index is 12.0. The summed E-state index contributed by atoms with van der Waals surface area (Å²) in [5.41, 5.74) is 0.665. The van der Waals surface area contributed by atoms with E-state index in [0.717, 1.165) is 4.47 Å². The van der Waals surface area contributed by atoms with Gasteiger partial charge >= 0.3 is 6.36 Å². The number of rotatable bonds is 4. The fourth-order valence-electron chi connectivity index (χ4n) is 1.41. The predicted octanol–water partition coefficient (Wildman–Crippen LogP) is 4.55. The molecule has 1 aromatic carbocycles. The van der Waals surface area contributed by atoms with Gasteiger partial charge in [0, 0.05) is 5.69 Å². The zero-order chi connectivity index (χ0) is 13.9. The van der Waals surface area contributed by atoms with E-state index in [1.807, 2.05) is 0 Å². The summed E-state index contributed by atoms with van der Waals surface area (Å²) in [4.78, 5) is 0. The Morgan fingerprint density at radius 1 is 1.16 bits per heavy atom. The van der Waals surface area contributed by atoms with Crippen LogP contribution in [-0.4, -0.2) is 6.36 Å².